The molecule has 20 heavy (non-hydrogen) atoms. The van der Waals surface area contributed by atoms with Crippen molar-refractivity contribution in [1.82, 2.24) is 5.32 Å². The molecule has 1 saturated carbocycles. The molecule has 3 fully saturated rings. The first-order valence-electron chi connectivity index (χ1n) is 8.22. The van der Waals surface area contributed by atoms with Crippen LogP contribution in [0.4, 0.5) is 0 Å². The van der Waals surface area contributed by atoms with Crippen LogP contribution in [0.2, 0.25) is 0 Å². The lowest BCUT2D eigenvalue weighted by Crippen LogP contribution is -2.53. The lowest BCUT2D eigenvalue weighted by atomic mass is 9.70. The van der Waals surface area contributed by atoms with Crippen molar-refractivity contribution in [2.75, 3.05) is 19.4 Å². The molecule has 1 aliphatic carbocycles. The SMILES string of the molecule is CNC(C1CCOC2(CCC2)C1)C1CSC(C)C(C)S1. The average molecular weight is 316 g/mol. The predicted octanol–water partition coefficient (Wildman–Crippen LogP) is 3.55. The standard InChI is InChI=1S/C16H29NOS2/c1-11-12(2)20-14(10-19-11)15(17-3)13-5-8-18-16(9-13)6-4-7-16/h11-15,17H,4-10H2,1-3H3. The number of hydrogen-bond donors (Lipinski definition) is 1. The van der Waals surface area contributed by atoms with E-state index in [4.69, 9.17) is 4.74 Å². The highest BCUT2D eigenvalue weighted by molar-refractivity contribution is 8.07. The molecule has 5 unspecified atom stereocenters. The molecular weight excluding hydrogens is 286 g/mol. The average Bonchev–Trinajstić information content (AvgIpc) is 2.42. The highest BCUT2D eigenvalue weighted by Crippen LogP contribution is 2.47. The zero-order valence-electron chi connectivity index (χ0n) is 13.1. The maximum absolute atomic E-state index is 6.11. The van der Waals surface area contributed by atoms with E-state index < -0.39 is 0 Å². The number of thioether (sulfide) groups is 2. The summed E-state index contributed by atoms with van der Waals surface area (Å²) in [5, 5.41) is 6.04. The first kappa shape index (κ1) is 15.5. The van der Waals surface area contributed by atoms with Crippen molar-refractivity contribution in [3.63, 3.8) is 0 Å². The van der Waals surface area contributed by atoms with Crippen LogP contribution < -0.4 is 5.32 Å². The normalized spacial score (nSPS) is 42.1. The molecule has 0 bridgehead atoms. The third-order valence-electron chi connectivity index (χ3n) is 5.61. The van der Waals surface area contributed by atoms with Gasteiger partial charge in [-0.05, 0) is 45.1 Å². The second-order valence-electron chi connectivity index (χ2n) is 6.87. The van der Waals surface area contributed by atoms with E-state index in [2.05, 4.69) is 49.7 Å². The van der Waals surface area contributed by atoms with E-state index in [1.807, 2.05) is 0 Å². The van der Waals surface area contributed by atoms with Crippen LogP contribution in [-0.4, -0.2) is 46.8 Å². The lowest BCUT2D eigenvalue weighted by Gasteiger charge is -2.50. The summed E-state index contributed by atoms with van der Waals surface area (Å²) < 4.78 is 6.11. The molecule has 0 radical (unpaired) electrons. The summed E-state index contributed by atoms with van der Waals surface area (Å²) in [4.78, 5) is 0. The fourth-order valence-corrected chi connectivity index (χ4v) is 7.26. The van der Waals surface area contributed by atoms with Crippen LogP contribution in [0, 0.1) is 5.92 Å². The van der Waals surface area contributed by atoms with Gasteiger partial charge in [0.25, 0.3) is 0 Å². The maximum atomic E-state index is 6.11. The van der Waals surface area contributed by atoms with Gasteiger partial charge in [0, 0.05) is 34.2 Å². The van der Waals surface area contributed by atoms with Gasteiger partial charge in [0.1, 0.15) is 0 Å². The van der Waals surface area contributed by atoms with Crippen molar-refractivity contribution in [3.8, 4) is 0 Å². The quantitative estimate of drug-likeness (QED) is 0.859. The van der Waals surface area contributed by atoms with Gasteiger partial charge in [-0.15, -0.1) is 0 Å². The summed E-state index contributed by atoms with van der Waals surface area (Å²) in [6, 6.07) is 0.670. The Kier molecular flexibility index (Phi) is 4.96. The van der Waals surface area contributed by atoms with Gasteiger partial charge in [0.15, 0.2) is 0 Å². The van der Waals surface area contributed by atoms with Crippen molar-refractivity contribution in [2.24, 2.45) is 5.92 Å². The molecule has 0 amide bonds. The molecule has 2 saturated heterocycles. The molecule has 0 aromatic rings. The Morgan fingerprint density at radius 1 is 1.25 bits per heavy atom. The minimum atomic E-state index is 0.281. The molecule has 3 rings (SSSR count). The summed E-state index contributed by atoms with van der Waals surface area (Å²) in [6.45, 7) is 5.77. The van der Waals surface area contributed by atoms with Gasteiger partial charge in [0.2, 0.25) is 0 Å². The van der Waals surface area contributed by atoms with E-state index in [1.165, 1.54) is 37.9 Å². The molecule has 116 valence electrons. The number of ether oxygens (including phenoxy) is 1. The van der Waals surface area contributed by atoms with Crippen LogP contribution in [0.1, 0.15) is 46.0 Å². The first-order valence-corrected chi connectivity index (χ1v) is 10.2. The third-order valence-corrected chi connectivity index (χ3v) is 9.13. The van der Waals surface area contributed by atoms with Crippen LogP contribution >= 0.6 is 23.5 Å². The number of rotatable bonds is 3. The molecule has 2 heterocycles. The minimum absolute atomic E-state index is 0.281. The van der Waals surface area contributed by atoms with E-state index in [0.717, 1.165) is 28.3 Å². The van der Waals surface area contributed by atoms with Crippen LogP contribution in [0.5, 0.6) is 0 Å². The van der Waals surface area contributed by atoms with Gasteiger partial charge in [-0.25, -0.2) is 0 Å². The minimum Gasteiger partial charge on any atom is -0.375 e. The predicted molar refractivity (Wildman–Crippen MR) is 90.9 cm³/mol. The van der Waals surface area contributed by atoms with Crippen LogP contribution in [0.25, 0.3) is 0 Å². The van der Waals surface area contributed by atoms with E-state index in [9.17, 15) is 0 Å². The Morgan fingerprint density at radius 2 is 2.05 bits per heavy atom. The topological polar surface area (TPSA) is 21.3 Å². The van der Waals surface area contributed by atoms with Crippen LogP contribution in [-0.2, 0) is 4.74 Å². The lowest BCUT2D eigenvalue weighted by molar-refractivity contribution is -0.146. The van der Waals surface area contributed by atoms with Crippen molar-refractivity contribution in [1.29, 1.82) is 0 Å². The van der Waals surface area contributed by atoms with E-state index in [-0.39, 0.29) is 5.60 Å². The van der Waals surface area contributed by atoms with Gasteiger partial charge in [-0.1, -0.05) is 13.8 Å². The molecule has 1 spiro atoms. The van der Waals surface area contributed by atoms with Crippen LogP contribution in [0.15, 0.2) is 0 Å². The summed E-state index contributed by atoms with van der Waals surface area (Å²) in [7, 11) is 2.17. The Labute approximate surface area is 132 Å². The molecule has 5 atom stereocenters. The second-order valence-corrected chi connectivity index (χ2v) is 9.90. The summed E-state index contributed by atoms with van der Waals surface area (Å²) in [6.07, 6.45) is 6.53. The fraction of sp³-hybridized carbons (Fsp3) is 1.00. The summed E-state index contributed by atoms with van der Waals surface area (Å²) >= 11 is 4.39. The van der Waals surface area contributed by atoms with E-state index >= 15 is 0 Å². The molecule has 2 aliphatic heterocycles. The highest BCUT2D eigenvalue weighted by atomic mass is 32.2. The van der Waals surface area contributed by atoms with Gasteiger partial charge in [-0.2, -0.15) is 23.5 Å². The monoisotopic (exact) mass is 315 g/mol. The summed E-state index contributed by atoms with van der Waals surface area (Å²) in [5.74, 6) is 2.12. The van der Waals surface area contributed by atoms with Gasteiger partial charge in [-0.3, -0.25) is 0 Å². The van der Waals surface area contributed by atoms with E-state index in [0.29, 0.717) is 6.04 Å². The van der Waals surface area contributed by atoms with Crippen LogP contribution in [0.3, 0.4) is 0 Å². The molecule has 2 nitrogen and oxygen atoms in total. The smallest absolute Gasteiger partial charge is 0.0685 e. The molecule has 4 heteroatoms. The Hall–Kier alpha value is 0.620. The Balaban J connectivity index is 1.63. The van der Waals surface area contributed by atoms with Gasteiger partial charge < -0.3 is 10.1 Å². The number of hydrogen-bond acceptors (Lipinski definition) is 4. The first-order chi connectivity index (χ1) is 9.63. The highest BCUT2D eigenvalue weighted by Gasteiger charge is 2.46. The fourth-order valence-electron chi connectivity index (χ4n) is 4.01. The molecule has 0 aromatic carbocycles. The third kappa shape index (κ3) is 3.04. The van der Waals surface area contributed by atoms with Crippen molar-refractivity contribution in [3.05, 3.63) is 0 Å². The van der Waals surface area contributed by atoms with Gasteiger partial charge >= 0.3 is 0 Å². The maximum Gasteiger partial charge on any atom is 0.0685 e. The van der Waals surface area contributed by atoms with Crippen molar-refractivity contribution < 1.29 is 4.74 Å². The molecule has 0 aromatic heterocycles. The largest absolute Gasteiger partial charge is 0.375 e. The molecule has 1 N–H and O–H groups in total. The molecular formula is C16H29NOS2. The van der Waals surface area contributed by atoms with Crippen molar-refractivity contribution in [2.45, 2.75) is 73.3 Å². The van der Waals surface area contributed by atoms with Crippen molar-refractivity contribution >= 4 is 23.5 Å². The zero-order valence-corrected chi connectivity index (χ0v) is 14.7. The van der Waals surface area contributed by atoms with Gasteiger partial charge in [0.05, 0.1) is 5.60 Å². The van der Waals surface area contributed by atoms with E-state index in [1.54, 1.807) is 0 Å². The Morgan fingerprint density at radius 3 is 2.65 bits per heavy atom. The second kappa shape index (κ2) is 6.39. The molecule has 3 aliphatic rings. The zero-order chi connectivity index (χ0) is 14.2. The number of nitrogens with one attached hydrogen (secondary N) is 1. The summed E-state index contributed by atoms with van der Waals surface area (Å²) in [5.41, 5.74) is 0.281. The Bertz CT molecular complexity index is 334.